The maximum absolute atomic E-state index is 13.8. The predicted molar refractivity (Wildman–Crippen MR) is 262 cm³/mol. The zero-order chi connectivity index (χ0) is 49.1. The fourth-order valence-corrected chi connectivity index (χ4v) is 8.77. The lowest BCUT2D eigenvalue weighted by molar-refractivity contribution is -0.381. The van der Waals surface area contributed by atoms with E-state index in [1.165, 1.54) is 6.92 Å². The Bertz CT molecular complexity index is 2130. The first kappa shape index (κ1) is 53.9. The summed E-state index contributed by atoms with van der Waals surface area (Å²) in [6.07, 6.45) is -5.10. The van der Waals surface area contributed by atoms with Gasteiger partial charge in [0.25, 0.3) is 0 Å². The number of rotatable bonds is 24. The van der Waals surface area contributed by atoms with Gasteiger partial charge in [0.2, 0.25) is 3.79 Å². The first-order valence-electron chi connectivity index (χ1n) is 24.0. The number of carbonyl (C=O) groups excluding carboxylic acids is 2. The van der Waals surface area contributed by atoms with Gasteiger partial charge in [-0.05, 0) is 23.1 Å². The summed E-state index contributed by atoms with van der Waals surface area (Å²) in [6.45, 7) is 3.84. The maximum Gasteiger partial charge on any atom is 0.407 e. The average molecular weight is 1030 g/mol. The summed E-state index contributed by atoms with van der Waals surface area (Å²) < 4.78 is 69.9. The van der Waals surface area contributed by atoms with Crippen LogP contribution in [0.3, 0.4) is 0 Å². The average Bonchev–Trinajstić information content (AvgIpc) is 3.36. The van der Waals surface area contributed by atoms with Crippen LogP contribution in [0.5, 0.6) is 0 Å². The Morgan fingerprint density at radius 2 is 1.24 bits per heavy atom. The molecule has 17 heteroatoms. The van der Waals surface area contributed by atoms with E-state index in [0.717, 1.165) is 60.8 Å². The summed E-state index contributed by atoms with van der Waals surface area (Å²) in [4.78, 5) is 27.1. The van der Waals surface area contributed by atoms with Crippen LogP contribution in [0.1, 0.15) is 80.9 Å². The van der Waals surface area contributed by atoms with E-state index in [-0.39, 0.29) is 33.0 Å². The number of ether oxygens (including phenoxy) is 11. The molecular weight excluding hydrogens is 965 g/mol. The molecule has 14 nitrogen and oxygen atoms in total. The van der Waals surface area contributed by atoms with Crippen LogP contribution in [0.15, 0.2) is 121 Å². The number of hydrogen-bond donors (Lipinski definition) is 1. The SMILES string of the molecule is CCCCCCCCO[C@@H]1O[C@@H]2CO[C@@H](c3ccccc3)O[C@H]2[C@H](O[C@@H]2O[C@H](COCc3ccccc3)[C@H](OCc3ccccc3)[C@H](OCc3ccccc3)[C@H]2OC(C)=O)[C@H]1NC(=O)OCC(Cl)(Cl)Cl. The molecular formula is C53H64Cl3NO13. The molecule has 11 atom stereocenters. The standard InChI is InChI=1S/C53H64Cl3NO13/c1-3-4-5-6-7-20-29-61-50-43(57-52(59)65-35-53(54,55)56)46(45-42(67-50)34-64-49(69-45)40-27-18-11-19-28-40)70-51-48(66-36(2)58)47(63-32-39-25-16-10-17-26-39)44(62-31-38-23-14-9-15-24-38)41(68-51)33-60-30-37-21-12-8-13-22-37/h8-19,21-28,41-51H,3-7,20,29-35H2,1-2H3,(H,57,59)/t41-,42-,43-,44+,45-,46-,47+,48-,49-,50-,51+/m1/s1. The fraction of sp³-hybridized carbons (Fsp3) is 0.509. The number of nitrogens with one attached hydrogen (secondary N) is 1. The summed E-state index contributed by atoms with van der Waals surface area (Å²) in [7, 11) is 0. The summed E-state index contributed by atoms with van der Waals surface area (Å²) in [5.74, 6) is -0.627. The van der Waals surface area contributed by atoms with E-state index in [1.807, 2.05) is 121 Å². The second-order valence-corrected chi connectivity index (χ2v) is 20.0. The summed E-state index contributed by atoms with van der Waals surface area (Å²) in [5, 5.41) is 2.89. The molecule has 3 aliphatic rings. The number of fused-ring (bicyclic) bond motifs is 1. The molecule has 0 bridgehead atoms. The molecule has 0 saturated carbocycles. The normalized spacial score (nSPS) is 26.7. The van der Waals surface area contributed by atoms with Crippen molar-refractivity contribution in [1.82, 2.24) is 5.32 Å². The highest BCUT2D eigenvalue weighted by atomic mass is 35.6. The van der Waals surface area contributed by atoms with Gasteiger partial charge in [0.05, 0.1) is 33.0 Å². The van der Waals surface area contributed by atoms with Crippen molar-refractivity contribution < 1.29 is 61.7 Å². The fourth-order valence-electron chi connectivity index (χ4n) is 8.60. The van der Waals surface area contributed by atoms with Crippen LogP contribution in [-0.2, 0) is 76.7 Å². The van der Waals surface area contributed by atoms with Crippen LogP contribution in [0.2, 0.25) is 0 Å². The smallest absolute Gasteiger partial charge is 0.407 e. The molecule has 0 spiro atoms. The summed E-state index contributed by atoms with van der Waals surface area (Å²) in [6, 6.07) is 37.3. The monoisotopic (exact) mass is 1030 g/mol. The molecule has 0 unspecified atom stereocenters. The lowest BCUT2D eigenvalue weighted by atomic mass is 9.94. The van der Waals surface area contributed by atoms with Gasteiger partial charge < -0.3 is 57.4 Å². The van der Waals surface area contributed by atoms with Crippen molar-refractivity contribution in [2.45, 2.75) is 144 Å². The topological polar surface area (TPSA) is 148 Å². The highest BCUT2D eigenvalue weighted by molar-refractivity contribution is 6.67. The Kier molecular flexibility index (Phi) is 21.4. The Morgan fingerprint density at radius 1 is 0.657 bits per heavy atom. The molecule has 0 radical (unpaired) electrons. The van der Waals surface area contributed by atoms with Crippen molar-refractivity contribution in [2.24, 2.45) is 0 Å². The third kappa shape index (κ3) is 16.6. The zero-order valence-electron chi connectivity index (χ0n) is 39.5. The van der Waals surface area contributed by atoms with Crippen LogP contribution in [0, 0.1) is 0 Å². The van der Waals surface area contributed by atoms with Crippen molar-refractivity contribution in [3.05, 3.63) is 144 Å². The molecule has 7 rings (SSSR count). The molecule has 3 fully saturated rings. The molecule has 1 N–H and O–H groups in total. The van der Waals surface area contributed by atoms with Gasteiger partial charge in [-0.3, -0.25) is 4.79 Å². The maximum atomic E-state index is 13.8. The Hall–Kier alpha value is -3.87. The third-order valence-electron chi connectivity index (χ3n) is 12.0. The Morgan fingerprint density at radius 3 is 1.86 bits per heavy atom. The first-order chi connectivity index (χ1) is 34.0. The molecule has 4 aromatic carbocycles. The van der Waals surface area contributed by atoms with Crippen LogP contribution in [0.25, 0.3) is 0 Å². The largest absolute Gasteiger partial charge is 0.454 e. The number of alkyl carbamates (subject to hydrolysis) is 1. The van der Waals surface area contributed by atoms with E-state index in [1.54, 1.807) is 0 Å². The number of hydrogen-bond acceptors (Lipinski definition) is 13. The Labute approximate surface area is 425 Å². The van der Waals surface area contributed by atoms with Gasteiger partial charge in [-0.2, -0.15) is 0 Å². The molecule has 0 aromatic heterocycles. The lowest BCUT2D eigenvalue weighted by Gasteiger charge is -2.51. The number of benzene rings is 4. The minimum absolute atomic E-state index is 0.0154. The predicted octanol–water partition coefficient (Wildman–Crippen LogP) is 10.1. The van der Waals surface area contributed by atoms with Crippen molar-refractivity contribution >= 4 is 46.9 Å². The van der Waals surface area contributed by atoms with Crippen LogP contribution >= 0.6 is 34.8 Å². The molecule has 3 heterocycles. The molecule has 1 amide bonds. The van der Waals surface area contributed by atoms with Crippen molar-refractivity contribution in [2.75, 3.05) is 26.4 Å². The van der Waals surface area contributed by atoms with Gasteiger partial charge in [-0.1, -0.05) is 195 Å². The van der Waals surface area contributed by atoms with E-state index < -0.39 is 90.1 Å². The van der Waals surface area contributed by atoms with Gasteiger partial charge in [0.1, 0.15) is 49.3 Å². The lowest BCUT2D eigenvalue weighted by Crippen LogP contribution is -2.70. The van der Waals surface area contributed by atoms with Crippen molar-refractivity contribution in [3.8, 4) is 0 Å². The van der Waals surface area contributed by atoms with Gasteiger partial charge in [0, 0.05) is 19.1 Å². The molecule has 380 valence electrons. The molecule has 70 heavy (non-hydrogen) atoms. The van der Waals surface area contributed by atoms with Crippen molar-refractivity contribution in [3.63, 3.8) is 0 Å². The van der Waals surface area contributed by atoms with Crippen LogP contribution < -0.4 is 5.32 Å². The van der Waals surface area contributed by atoms with E-state index in [4.69, 9.17) is 86.9 Å². The Balaban J connectivity index is 1.26. The molecule has 3 aliphatic heterocycles. The van der Waals surface area contributed by atoms with Gasteiger partial charge in [-0.25, -0.2) is 4.79 Å². The van der Waals surface area contributed by atoms with Crippen molar-refractivity contribution in [1.29, 1.82) is 0 Å². The van der Waals surface area contributed by atoms with E-state index in [9.17, 15) is 9.59 Å². The second-order valence-electron chi connectivity index (χ2n) is 17.5. The van der Waals surface area contributed by atoms with E-state index in [0.29, 0.717) is 6.61 Å². The number of unbranched alkanes of at least 4 members (excludes halogenated alkanes) is 5. The second kappa shape index (κ2) is 27.8. The van der Waals surface area contributed by atoms with Crippen LogP contribution in [0.4, 0.5) is 4.79 Å². The minimum atomic E-state index is -1.90. The zero-order valence-corrected chi connectivity index (χ0v) is 41.8. The van der Waals surface area contributed by atoms with Gasteiger partial charge >= 0.3 is 12.1 Å². The summed E-state index contributed by atoms with van der Waals surface area (Å²) >= 11 is 18.1. The number of halogens is 3. The van der Waals surface area contributed by atoms with E-state index in [2.05, 4.69) is 12.2 Å². The highest BCUT2D eigenvalue weighted by Crippen LogP contribution is 2.39. The number of amides is 1. The van der Waals surface area contributed by atoms with E-state index >= 15 is 0 Å². The highest BCUT2D eigenvalue weighted by Gasteiger charge is 2.57. The number of alkyl halides is 3. The molecule has 0 aliphatic carbocycles. The number of carbonyl (C=O) groups is 2. The summed E-state index contributed by atoms with van der Waals surface area (Å²) in [5.41, 5.74) is 3.45. The minimum Gasteiger partial charge on any atom is -0.454 e. The third-order valence-corrected chi connectivity index (χ3v) is 12.3. The quantitative estimate of drug-likeness (QED) is 0.0404. The molecule has 4 aromatic rings. The first-order valence-corrected chi connectivity index (χ1v) is 25.2. The number of esters is 1. The van der Waals surface area contributed by atoms with Gasteiger partial charge in [-0.15, -0.1) is 0 Å². The molecule has 3 saturated heterocycles. The van der Waals surface area contributed by atoms with Gasteiger partial charge in [0.15, 0.2) is 25.0 Å². The van der Waals surface area contributed by atoms with Crippen LogP contribution in [-0.4, -0.2) is 104 Å².